The standard InChI is InChI=1S/C27H30N2O5/c1-2-27(25(31)32)15-29(16-27)24(30)17-11-12-18(13-17)28-26(33)34-14-23-21-9-5-3-7-19(21)20-8-4-6-10-22(20)23/h3-10,17-18,23H,2,11-16H2,1H3,(H,28,33)(H,31,32). The molecule has 2 amide bonds. The van der Waals surface area contributed by atoms with E-state index in [4.69, 9.17) is 4.74 Å². The van der Waals surface area contributed by atoms with Gasteiger partial charge in [0.1, 0.15) is 12.0 Å². The van der Waals surface area contributed by atoms with Crippen molar-refractivity contribution < 1.29 is 24.2 Å². The van der Waals surface area contributed by atoms with E-state index in [-0.39, 0.29) is 43.5 Å². The minimum absolute atomic E-state index is 0.00200. The van der Waals surface area contributed by atoms with Crippen molar-refractivity contribution in [3.63, 3.8) is 0 Å². The highest BCUT2D eigenvalue weighted by molar-refractivity contribution is 5.85. The maximum atomic E-state index is 12.8. The Balaban J connectivity index is 1.13. The van der Waals surface area contributed by atoms with Crippen LogP contribution >= 0.6 is 0 Å². The average Bonchev–Trinajstić information content (AvgIpc) is 3.40. The van der Waals surface area contributed by atoms with Crippen molar-refractivity contribution in [2.24, 2.45) is 11.3 Å². The molecule has 2 fully saturated rings. The molecule has 2 unspecified atom stereocenters. The van der Waals surface area contributed by atoms with E-state index in [1.54, 1.807) is 4.90 Å². The van der Waals surface area contributed by atoms with Crippen molar-refractivity contribution in [2.75, 3.05) is 19.7 Å². The van der Waals surface area contributed by atoms with Gasteiger partial charge in [-0.05, 0) is 47.9 Å². The predicted molar refractivity (Wildman–Crippen MR) is 126 cm³/mol. The van der Waals surface area contributed by atoms with Gasteiger partial charge in [0.2, 0.25) is 5.91 Å². The molecule has 5 rings (SSSR count). The minimum Gasteiger partial charge on any atom is -0.481 e. The average molecular weight is 463 g/mol. The van der Waals surface area contributed by atoms with Gasteiger partial charge in [-0.25, -0.2) is 4.79 Å². The van der Waals surface area contributed by atoms with Gasteiger partial charge in [-0.1, -0.05) is 55.5 Å². The van der Waals surface area contributed by atoms with Crippen LogP contribution in [0.2, 0.25) is 0 Å². The molecular formula is C27H30N2O5. The number of hydrogen-bond acceptors (Lipinski definition) is 4. The van der Waals surface area contributed by atoms with E-state index in [2.05, 4.69) is 29.6 Å². The third kappa shape index (κ3) is 3.83. The molecule has 2 atom stereocenters. The molecule has 0 radical (unpaired) electrons. The van der Waals surface area contributed by atoms with Crippen LogP contribution in [0.15, 0.2) is 48.5 Å². The van der Waals surface area contributed by atoms with Crippen LogP contribution in [0.4, 0.5) is 4.79 Å². The summed E-state index contributed by atoms with van der Waals surface area (Å²) >= 11 is 0. The van der Waals surface area contributed by atoms with Crippen molar-refractivity contribution in [2.45, 2.75) is 44.6 Å². The van der Waals surface area contributed by atoms with Crippen LogP contribution < -0.4 is 5.32 Å². The van der Waals surface area contributed by atoms with Gasteiger partial charge in [0.05, 0.1) is 0 Å². The SMILES string of the molecule is CCC1(C(=O)O)CN(C(=O)C2CCC(NC(=O)OCC3c4ccccc4-c4ccccc43)C2)C1. The highest BCUT2D eigenvalue weighted by Gasteiger charge is 2.51. The Hall–Kier alpha value is -3.35. The van der Waals surface area contributed by atoms with Crippen molar-refractivity contribution in [1.29, 1.82) is 0 Å². The highest BCUT2D eigenvalue weighted by atomic mass is 16.5. The molecule has 1 aliphatic heterocycles. The van der Waals surface area contributed by atoms with E-state index in [1.807, 2.05) is 31.2 Å². The van der Waals surface area contributed by atoms with Crippen LogP contribution in [0.1, 0.15) is 49.7 Å². The normalized spacial score (nSPS) is 22.4. The molecule has 0 spiro atoms. The van der Waals surface area contributed by atoms with Gasteiger partial charge in [-0.2, -0.15) is 0 Å². The number of likely N-dealkylation sites (tertiary alicyclic amines) is 1. The fraction of sp³-hybridized carbons (Fsp3) is 0.444. The van der Waals surface area contributed by atoms with Crippen LogP contribution in [0, 0.1) is 11.3 Å². The third-order valence-electron chi connectivity index (χ3n) is 7.88. The fourth-order valence-corrected chi connectivity index (χ4v) is 5.75. The second kappa shape index (κ2) is 8.78. The van der Waals surface area contributed by atoms with Crippen molar-refractivity contribution in [1.82, 2.24) is 10.2 Å². The topological polar surface area (TPSA) is 95.9 Å². The van der Waals surface area contributed by atoms with Crippen LogP contribution in [0.25, 0.3) is 11.1 Å². The summed E-state index contributed by atoms with van der Waals surface area (Å²) in [6.07, 6.45) is 2.02. The molecular weight excluding hydrogens is 432 g/mol. The summed E-state index contributed by atoms with van der Waals surface area (Å²) in [6, 6.07) is 16.3. The second-order valence-electron chi connectivity index (χ2n) is 9.81. The van der Waals surface area contributed by atoms with Gasteiger partial charge >= 0.3 is 12.1 Å². The van der Waals surface area contributed by atoms with E-state index in [1.165, 1.54) is 22.3 Å². The van der Waals surface area contributed by atoms with E-state index in [9.17, 15) is 19.5 Å². The Morgan fingerprint density at radius 2 is 1.65 bits per heavy atom. The first kappa shape index (κ1) is 22.4. The molecule has 0 aromatic heterocycles. The number of aliphatic carboxylic acids is 1. The van der Waals surface area contributed by atoms with Crippen LogP contribution in [0.3, 0.4) is 0 Å². The summed E-state index contributed by atoms with van der Waals surface area (Å²) in [5, 5.41) is 12.4. The molecule has 3 aliphatic rings. The zero-order valence-electron chi connectivity index (χ0n) is 19.3. The van der Waals surface area contributed by atoms with E-state index >= 15 is 0 Å². The number of carboxylic acids is 1. The summed E-state index contributed by atoms with van der Waals surface area (Å²) < 4.78 is 5.63. The predicted octanol–water partition coefficient (Wildman–Crippen LogP) is 4.02. The third-order valence-corrected chi connectivity index (χ3v) is 7.88. The largest absolute Gasteiger partial charge is 0.481 e. The monoisotopic (exact) mass is 462 g/mol. The van der Waals surface area contributed by atoms with Gasteiger partial charge in [-0.3, -0.25) is 9.59 Å². The molecule has 0 bridgehead atoms. The number of amides is 2. The zero-order valence-corrected chi connectivity index (χ0v) is 19.3. The van der Waals surface area contributed by atoms with E-state index in [0.29, 0.717) is 25.7 Å². The second-order valence-corrected chi connectivity index (χ2v) is 9.81. The highest BCUT2D eigenvalue weighted by Crippen LogP contribution is 2.44. The number of carbonyl (C=O) groups excluding carboxylic acids is 2. The number of nitrogens with zero attached hydrogens (tertiary/aromatic N) is 1. The maximum Gasteiger partial charge on any atom is 0.407 e. The van der Waals surface area contributed by atoms with Gasteiger partial charge in [0, 0.05) is 31.0 Å². The Morgan fingerprint density at radius 1 is 1.03 bits per heavy atom. The number of benzene rings is 2. The smallest absolute Gasteiger partial charge is 0.407 e. The number of carboxylic acid groups (broad SMARTS) is 1. The minimum atomic E-state index is -0.833. The molecule has 2 aromatic rings. The van der Waals surface area contributed by atoms with Crippen molar-refractivity contribution in [3.8, 4) is 11.1 Å². The van der Waals surface area contributed by atoms with Crippen molar-refractivity contribution in [3.05, 3.63) is 59.7 Å². The molecule has 178 valence electrons. The lowest BCUT2D eigenvalue weighted by molar-refractivity contribution is -0.168. The summed E-state index contributed by atoms with van der Waals surface area (Å²) in [5.41, 5.74) is 3.91. The molecule has 2 N–H and O–H groups in total. The lowest BCUT2D eigenvalue weighted by atomic mass is 9.77. The number of fused-ring (bicyclic) bond motifs is 3. The first-order chi connectivity index (χ1) is 16.4. The molecule has 34 heavy (non-hydrogen) atoms. The van der Waals surface area contributed by atoms with Crippen molar-refractivity contribution >= 4 is 18.0 Å². The molecule has 1 heterocycles. The lowest BCUT2D eigenvalue weighted by Crippen LogP contribution is -2.62. The van der Waals surface area contributed by atoms with E-state index < -0.39 is 17.5 Å². The first-order valence-electron chi connectivity index (χ1n) is 12.1. The number of carbonyl (C=O) groups is 3. The molecule has 7 heteroatoms. The maximum absolute atomic E-state index is 12.8. The summed E-state index contributed by atoms with van der Waals surface area (Å²) in [7, 11) is 0. The van der Waals surface area contributed by atoms with Gasteiger partial charge in [0.25, 0.3) is 0 Å². The van der Waals surface area contributed by atoms with Gasteiger partial charge in [0.15, 0.2) is 0 Å². The summed E-state index contributed by atoms with van der Waals surface area (Å²) in [4.78, 5) is 38.5. The first-order valence-corrected chi connectivity index (χ1v) is 12.1. The van der Waals surface area contributed by atoms with Crippen LogP contribution in [0.5, 0.6) is 0 Å². The lowest BCUT2D eigenvalue weighted by Gasteiger charge is -2.47. The number of hydrogen-bond donors (Lipinski definition) is 2. The van der Waals surface area contributed by atoms with Gasteiger partial charge < -0.3 is 20.1 Å². The number of nitrogens with one attached hydrogen (secondary N) is 1. The van der Waals surface area contributed by atoms with Gasteiger partial charge in [-0.15, -0.1) is 0 Å². The Morgan fingerprint density at radius 3 is 2.24 bits per heavy atom. The quantitative estimate of drug-likeness (QED) is 0.676. The fourth-order valence-electron chi connectivity index (χ4n) is 5.75. The molecule has 2 aliphatic carbocycles. The summed E-state index contributed by atoms with van der Waals surface area (Å²) in [5.74, 6) is -1.000. The Labute approximate surface area is 199 Å². The Kier molecular flexibility index (Phi) is 5.80. The summed E-state index contributed by atoms with van der Waals surface area (Å²) in [6.45, 7) is 2.66. The number of rotatable bonds is 6. The molecule has 2 aromatic carbocycles. The number of alkyl carbamates (subject to hydrolysis) is 1. The molecule has 1 saturated heterocycles. The molecule has 7 nitrogen and oxygen atoms in total. The zero-order chi connectivity index (χ0) is 23.9. The Bertz CT molecular complexity index is 1080. The number of ether oxygens (including phenoxy) is 1. The van der Waals surface area contributed by atoms with E-state index in [0.717, 1.165) is 0 Å². The van der Waals surface area contributed by atoms with Crippen LogP contribution in [-0.2, 0) is 14.3 Å². The molecule has 1 saturated carbocycles. The van der Waals surface area contributed by atoms with Crippen LogP contribution in [-0.4, -0.2) is 53.7 Å².